The number of benzene rings is 2. The topological polar surface area (TPSA) is 126 Å². The lowest BCUT2D eigenvalue weighted by Crippen LogP contribution is -2.58. The van der Waals surface area contributed by atoms with Crippen molar-refractivity contribution in [1.82, 2.24) is 19.4 Å². The number of fused-ring (bicyclic) bond motifs is 1. The predicted molar refractivity (Wildman–Crippen MR) is 172 cm³/mol. The van der Waals surface area contributed by atoms with Gasteiger partial charge in [-0.25, -0.2) is 22.6 Å². The van der Waals surface area contributed by atoms with E-state index in [4.69, 9.17) is 11.6 Å². The van der Waals surface area contributed by atoms with Crippen LogP contribution in [0.15, 0.2) is 64.8 Å². The number of anilines is 1. The number of aromatic hydroxyl groups is 1. The third-order valence-electron chi connectivity index (χ3n) is 8.16. The van der Waals surface area contributed by atoms with E-state index in [0.717, 1.165) is 12.3 Å². The standard InChI is InChI=1S/C32H33ClFN5O5S/c1-6-20-10-8-13-26(45(5,43)44)22(20)17-39-30-21(14-23(33)29(35-30)28-24(34)11-9-12-25(28)40)31(36-32(39)42)38-16-18(3)37(15-19(38)4)27(41)7-2/h7-14,18-19,40H,2,6,15-17H2,1,3-5H3/t18-,19+/m1/s1. The first-order valence-electron chi connectivity index (χ1n) is 14.4. The van der Waals surface area contributed by atoms with Crippen molar-refractivity contribution in [1.29, 1.82) is 0 Å². The minimum absolute atomic E-state index is 0.00287. The Labute approximate surface area is 265 Å². The van der Waals surface area contributed by atoms with Crippen molar-refractivity contribution in [2.45, 2.75) is 50.7 Å². The van der Waals surface area contributed by atoms with Crippen molar-refractivity contribution in [3.05, 3.63) is 87.6 Å². The fraction of sp³-hybridized carbons (Fsp3) is 0.312. The normalized spacial score (nSPS) is 17.1. The molecule has 0 aliphatic carbocycles. The third-order valence-corrected chi connectivity index (χ3v) is 9.63. The van der Waals surface area contributed by atoms with Crippen LogP contribution in [0.4, 0.5) is 10.2 Å². The van der Waals surface area contributed by atoms with E-state index < -0.39 is 27.1 Å². The molecule has 1 amide bonds. The second-order valence-electron chi connectivity index (χ2n) is 11.2. The van der Waals surface area contributed by atoms with Crippen LogP contribution in [0.5, 0.6) is 5.75 Å². The summed E-state index contributed by atoms with van der Waals surface area (Å²) >= 11 is 6.71. The molecule has 45 heavy (non-hydrogen) atoms. The number of aromatic nitrogens is 3. The molecule has 0 bridgehead atoms. The van der Waals surface area contributed by atoms with Crippen molar-refractivity contribution < 1.29 is 22.7 Å². The number of phenolic OH excluding ortho intramolecular Hbond substituents is 1. The van der Waals surface area contributed by atoms with Crippen LogP contribution in [0.2, 0.25) is 5.02 Å². The van der Waals surface area contributed by atoms with E-state index in [1.807, 2.05) is 25.7 Å². The quantitative estimate of drug-likeness (QED) is 0.287. The fourth-order valence-corrected chi connectivity index (χ4v) is 7.12. The minimum atomic E-state index is -3.68. The van der Waals surface area contributed by atoms with Gasteiger partial charge in [0, 0.05) is 31.4 Å². The van der Waals surface area contributed by atoms with Gasteiger partial charge in [0.05, 0.1) is 33.1 Å². The molecule has 1 fully saturated rings. The highest BCUT2D eigenvalue weighted by Gasteiger charge is 2.34. The molecule has 0 radical (unpaired) electrons. The summed E-state index contributed by atoms with van der Waals surface area (Å²) in [5.41, 5.74) is 0.137. The molecule has 2 aromatic carbocycles. The van der Waals surface area contributed by atoms with Gasteiger partial charge in [0.1, 0.15) is 23.0 Å². The number of hydrogen-bond donors (Lipinski definition) is 1. The van der Waals surface area contributed by atoms with Gasteiger partial charge in [-0.2, -0.15) is 4.98 Å². The Kier molecular flexibility index (Phi) is 8.74. The Bertz CT molecular complexity index is 2000. The summed E-state index contributed by atoms with van der Waals surface area (Å²) in [4.78, 5) is 39.2. The molecule has 10 nitrogen and oxygen atoms in total. The van der Waals surface area contributed by atoms with Crippen LogP contribution in [0, 0.1) is 5.82 Å². The van der Waals surface area contributed by atoms with Gasteiger partial charge < -0.3 is 14.9 Å². The Hall–Kier alpha value is -4.29. The van der Waals surface area contributed by atoms with Gasteiger partial charge in [-0.05, 0) is 61.7 Å². The van der Waals surface area contributed by atoms with Gasteiger partial charge in [-0.15, -0.1) is 0 Å². The molecule has 2 atom stereocenters. The maximum Gasteiger partial charge on any atom is 0.351 e. The van der Waals surface area contributed by atoms with Crippen LogP contribution in [0.1, 0.15) is 31.9 Å². The number of sulfone groups is 1. The molecule has 0 saturated carbocycles. The number of rotatable bonds is 7. The number of piperazine rings is 1. The zero-order valence-electron chi connectivity index (χ0n) is 25.3. The second-order valence-corrected chi connectivity index (χ2v) is 13.6. The molecule has 2 aromatic heterocycles. The number of carbonyl (C=O) groups is 1. The van der Waals surface area contributed by atoms with E-state index in [1.165, 1.54) is 34.9 Å². The van der Waals surface area contributed by atoms with Crippen molar-refractivity contribution >= 4 is 44.2 Å². The van der Waals surface area contributed by atoms with E-state index in [1.54, 1.807) is 17.0 Å². The molecule has 1 N–H and O–H groups in total. The third kappa shape index (κ3) is 5.91. The highest BCUT2D eigenvalue weighted by molar-refractivity contribution is 7.90. The summed E-state index contributed by atoms with van der Waals surface area (Å²) < 4.78 is 41.9. The SMILES string of the molecule is C=CC(=O)N1C[C@H](C)N(c2nc(=O)n(Cc3c(CC)cccc3S(C)(=O)=O)c3nc(-c4c(O)cccc4F)c(Cl)cc23)C[C@H]1C. The number of carbonyl (C=O) groups excluding carboxylic acids is 1. The highest BCUT2D eigenvalue weighted by Crippen LogP contribution is 2.38. The largest absolute Gasteiger partial charge is 0.507 e. The Morgan fingerprint density at radius 3 is 2.51 bits per heavy atom. The Morgan fingerprint density at radius 2 is 1.87 bits per heavy atom. The molecule has 0 spiro atoms. The predicted octanol–water partition coefficient (Wildman–Crippen LogP) is 4.58. The van der Waals surface area contributed by atoms with Crippen LogP contribution in [0.3, 0.4) is 0 Å². The van der Waals surface area contributed by atoms with Crippen molar-refractivity contribution in [3.8, 4) is 17.0 Å². The second kappa shape index (κ2) is 12.2. The Morgan fingerprint density at radius 1 is 1.16 bits per heavy atom. The van der Waals surface area contributed by atoms with E-state index in [0.29, 0.717) is 36.0 Å². The maximum absolute atomic E-state index is 15.1. The number of nitrogens with zero attached hydrogens (tertiary/aromatic N) is 5. The number of pyridine rings is 1. The number of amides is 1. The molecule has 0 unspecified atom stereocenters. The molecule has 5 rings (SSSR count). The minimum Gasteiger partial charge on any atom is -0.507 e. The molecule has 13 heteroatoms. The van der Waals surface area contributed by atoms with E-state index in [2.05, 4.69) is 16.5 Å². The Balaban J connectivity index is 1.80. The average molecular weight is 654 g/mol. The monoisotopic (exact) mass is 653 g/mol. The van der Waals surface area contributed by atoms with Crippen LogP contribution in [-0.4, -0.2) is 70.3 Å². The summed E-state index contributed by atoms with van der Waals surface area (Å²) in [6.07, 6.45) is 2.85. The molecule has 1 aliphatic heterocycles. The number of halogens is 2. The van der Waals surface area contributed by atoms with E-state index >= 15 is 4.39 Å². The van der Waals surface area contributed by atoms with Gasteiger partial charge in [0.2, 0.25) is 5.91 Å². The lowest BCUT2D eigenvalue weighted by Gasteiger charge is -2.44. The highest BCUT2D eigenvalue weighted by atomic mass is 35.5. The molecular weight excluding hydrogens is 621 g/mol. The van der Waals surface area contributed by atoms with Crippen molar-refractivity contribution in [2.24, 2.45) is 0 Å². The first-order valence-corrected chi connectivity index (χ1v) is 16.6. The average Bonchev–Trinajstić information content (AvgIpc) is 2.98. The lowest BCUT2D eigenvalue weighted by atomic mass is 10.0. The van der Waals surface area contributed by atoms with Gasteiger partial charge in [0.15, 0.2) is 9.84 Å². The molecule has 4 aromatic rings. The van der Waals surface area contributed by atoms with E-state index in [9.17, 15) is 23.1 Å². The van der Waals surface area contributed by atoms with Crippen LogP contribution in [-0.2, 0) is 27.6 Å². The zero-order valence-corrected chi connectivity index (χ0v) is 26.9. The van der Waals surface area contributed by atoms with Crippen molar-refractivity contribution in [2.75, 3.05) is 24.2 Å². The number of hydrogen-bond acceptors (Lipinski definition) is 8. The smallest absolute Gasteiger partial charge is 0.351 e. The number of phenols is 1. The lowest BCUT2D eigenvalue weighted by molar-refractivity contribution is -0.128. The molecule has 1 saturated heterocycles. The first kappa shape index (κ1) is 32.1. The zero-order chi connectivity index (χ0) is 32.8. The molecule has 236 valence electrons. The molecular formula is C32H33ClFN5O5S. The molecule has 3 heterocycles. The van der Waals surface area contributed by atoms with Crippen molar-refractivity contribution in [3.63, 3.8) is 0 Å². The van der Waals surface area contributed by atoms with Gasteiger partial charge in [0.25, 0.3) is 0 Å². The summed E-state index contributed by atoms with van der Waals surface area (Å²) in [5.74, 6) is -1.11. The van der Waals surface area contributed by atoms with E-state index in [-0.39, 0.29) is 57.2 Å². The van der Waals surface area contributed by atoms with Crippen LogP contribution < -0.4 is 10.6 Å². The van der Waals surface area contributed by atoms with Crippen LogP contribution in [0.25, 0.3) is 22.3 Å². The maximum atomic E-state index is 15.1. The summed E-state index contributed by atoms with van der Waals surface area (Å²) in [6.45, 7) is 9.71. The van der Waals surface area contributed by atoms with Gasteiger partial charge in [-0.1, -0.05) is 43.3 Å². The summed E-state index contributed by atoms with van der Waals surface area (Å²) in [6, 6.07) is 9.72. The van der Waals surface area contributed by atoms with Gasteiger partial charge >= 0.3 is 5.69 Å². The molecule has 1 aliphatic rings. The van der Waals surface area contributed by atoms with Gasteiger partial charge in [-0.3, -0.25) is 9.36 Å². The fourth-order valence-electron chi connectivity index (χ4n) is 5.91. The summed E-state index contributed by atoms with van der Waals surface area (Å²) in [7, 11) is -3.68. The van der Waals surface area contributed by atoms with Crippen LogP contribution >= 0.6 is 11.6 Å². The first-order chi connectivity index (χ1) is 21.3. The summed E-state index contributed by atoms with van der Waals surface area (Å²) in [5, 5.41) is 10.9. The number of aryl methyl sites for hydroxylation is 1.